The van der Waals surface area contributed by atoms with Crippen LogP contribution in [0.1, 0.15) is 5.56 Å². The first-order chi connectivity index (χ1) is 9.93. The Morgan fingerprint density at radius 2 is 2.19 bits per heavy atom. The SMILES string of the molecule is C=CCN1C(=O)C(=Cc2ccc(N(C)C)c(Br)c2)SC1=S. The Bertz CT molecular complexity index is 641. The van der Waals surface area contributed by atoms with Crippen molar-refractivity contribution in [2.24, 2.45) is 0 Å². The molecular formula is C15H15BrN2OS2. The fourth-order valence-electron chi connectivity index (χ4n) is 1.91. The lowest BCUT2D eigenvalue weighted by molar-refractivity contribution is -0.121. The van der Waals surface area contributed by atoms with Crippen LogP contribution in [0.15, 0.2) is 40.2 Å². The molecule has 0 N–H and O–H groups in total. The molecule has 1 fully saturated rings. The number of benzene rings is 1. The Balaban J connectivity index is 2.28. The topological polar surface area (TPSA) is 23.6 Å². The highest BCUT2D eigenvalue weighted by Gasteiger charge is 2.30. The molecule has 2 rings (SSSR count). The smallest absolute Gasteiger partial charge is 0.266 e. The summed E-state index contributed by atoms with van der Waals surface area (Å²) in [6.45, 7) is 4.10. The molecule has 0 unspecified atom stereocenters. The third-order valence-corrected chi connectivity index (χ3v) is 4.95. The minimum atomic E-state index is -0.0577. The molecule has 1 heterocycles. The van der Waals surface area contributed by atoms with Gasteiger partial charge in [-0.25, -0.2) is 0 Å². The zero-order valence-electron chi connectivity index (χ0n) is 11.8. The maximum Gasteiger partial charge on any atom is 0.266 e. The van der Waals surface area contributed by atoms with Gasteiger partial charge in [-0.3, -0.25) is 9.69 Å². The summed E-state index contributed by atoms with van der Waals surface area (Å²) in [5.74, 6) is -0.0577. The maximum absolute atomic E-state index is 12.3. The quantitative estimate of drug-likeness (QED) is 0.447. The second-order valence-corrected chi connectivity index (χ2v) is 7.22. The Hall–Kier alpha value is -1.11. The Kier molecular flexibility index (Phi) is 5.24. The Morgan fingerprint density at radius 3 is 2.76 bits per heavy atom. The molecule has 0 atom stereocenters. The van der Waals surface area contributed by atoms with Crippen molar-refractivity contribution in [2.75, 3.05) is 25.5 Å². The van der Waals surface area contributed by atoms with Gasteiger partial charge in [0, 0.05) is 25.1 Å². The highest BCUT2D eigenvalue weighted by Crippen LogP contribution is 2.33. The standard InChI is InChI=1S/C15H15BrN2OS2/c1-4-7-18-14(19)13(21-15(18)20)9-10-5-6-12(17(2)3)11(16)8-10/h4-6,8-9H,1,7H2,2-3H3. The van der Waals surface area contributed by atoms with Crippen LogP contribution in [-0.2, 0) is 4.79 Å². The summed E-state index contributed by atoms with van der Waals surface area (Å²) >= 11 is 10.1. The van der Waals surface area contributed by atoms with Gasteiger partial charge in [-0.05, 0) is 39.7 Å². The van der Waals surface area contributed by atoms with Crippen LogP contribution in [0.4, 0.5) is 5.69 Å². The predicted molar refractivity (Wildman–Crippen MR) is 98.5 cm³/mol. The van der Waals surface area contributed by atoms with E-state index < -0.39 is 0 Å². The lowest BCUT2D eigenvalue weighted by Crippen LogP contribution is -2.27. The molecule has 1 saturated heterocycles. The van der Waals surface area contributed by atoms with Crippen LogP contribution >= 0.6 is 39.9 Å². The molecule has 0 spiro atoms. The number of hydrogen-bond donors (Lipinski definition) is 0. The van der Waals surface area contributed by atoms with Crippen LogP contribution in [0, 0.1) is 0 Å². The van der Waals surface area contributed by atoms with E-state index in [2.05, 4.69) is 22.5 Å². The molecule has 0 radical (unpaired) electrons. The maximum atomic E-state index is 12.3. The molecular weight excluding hydrogens is 368 g/mol. The number of anilines is 1. The first kappa shape index (κ1) is 16.3. The van der Waals surface area contributed by atoms with Gasteiger partial charge >= 0.3 is 0 Å². The van der Waals surface area contributed by atoms with Crippen LogP contribution < -0.4 is 4.90 Å². The number of thioether (sulfide) groups is 1. The van der Waals surface area contributed by atoms with E-state index in [1.807, 2.05) is 43.3 Å². The lowest BCUT2D eigenvalue weighted by atomic mass is 10.2. The van der Waals surface area contributed by atoms with E-state index >= 15 is 0 Å². The summed E-state index contributed by atoms with van der Waals surface area (Å²) in [5, 5.41) is 0. The van der Waals surface area contributed by atoms with Crippen molar-refractivity contribution in [2.45, 2.75) is 0 Å². The summed E-state index contributed by atoms with van der Waals surface area (Å²) in [6.07, 6.45) is 3.54. The lowest BCUT2D eigenvalue weighted by Gasteiger charge is -2.14. The average Bonchev–Trinajstić information content (AvgIpc) is 2.66. The summed E-state index contributed by atoms with van der Waals surface area (Å²) in [4.78, 5) is 16.5. The number of halogens is 1. The molecule has 1 aliphatic rings. The number of amides is 1. The van der Waals surface area contributed by atoms with E-state index in [0.29, 0.717) is 15.8 Å². The van der Waals surface area contributed by atoms with Gasteiger partial charge in [-0.2, -0.15) is 0 Å². The number of rotatable bonds is 4. The monoisotopic (exact) mass is 382 g/mol. The van der Waals surface area contributed by atoms with E-state index in [1.54, 1.807) is 11.0 Å². The molecule has 1 aromatic carbocycles. The van der Waals surface area contributed by atoms with Crippen molar-refractivity contribution in [3.8, 4) is 0 Å². The Labute approximate surface area is 142 Å². The highest BCUT2D eigenvalue weighted by molar-refractivity contribution is 9.10. The van der Waals surface area contributed by atoms with E-state index in [1.165, 1.54) is 11.8 Å². The molecule has 110 valence electrons. The van der Waals surface area contributed by atoms with Crippen molar-refractivity contribution >= 4 is 61.9 Å². The number of thiocarbonyl (C=S) groups is 1. The normalized spacial score (nSPS) is 16.7. The van der Waals surface area contributed by atoms with Crippen LogP contribution in [0.5, 0.6) is 0 Å². The van der Waals surface area contributed by atoms with E-state index in [0.717, 1.165) is 15.7 Å². The van der Waals surface area contributed by atoms with Crippen molar-refractivity contribution in [1.82, 2.24) is 4.90 Å². The fraction of sp³-hybridized carbons (Fsp3) is 0.200. The molecule has 1 amide bonds. The predicted octanol–water partition coefficient (Wildman–Crippen LogP) is 3.90. The van der Waals surface area contributed by atoms with Gasteiger partial charge in [-0.1, -0.05) is 36.1 Å². The molecule has 0 aromatic heterocycles. The average molecular weight is 383 g/mol. The number of carbonyl (C=O) groups is 1. The van der Waals surface area contributed by atoms with E-state index in [4.69, 9.17) is 12.2 Å². The number of carbonyl (C=O) groups excluding carboxylic acids is 1. The summed E-state index contributed by atoms with van der Waals surface area (Å²) < 4.78 is 1.57. The zero-order chi connectivity index (χ0) is 15.6. The molecule has 0 saturated carbocycles. The van der Waals surface area contributed by atoms with Crippen molar-refractivity contribution < 1.29 is 4.79 Å². The molecule has 21 heavy (non-hydrogen) atoms. The van der Waals surface area contributed by atoms with Crippen molar-refractivity contribution in [1.29, 1.82) is 0 Å². The molecule has 6 heteroatoms. The van der Waals surface area contributed by atoms with Gasteiger partial charge < -0.3 is 4.90 Å². The van der Waals surface area contributed by atoms with Crippen LogP contribution in [0.3, 0.4) is 0 Å². The van der Waals surface area contributed by atoms with Gasteiger partial charge in [0.15, 0.2) is 0 Å². The van der Waals surface area contributed by atoms with Gasteiger partial charge in [0.25, 0.3) is 5.91 Å². The number of hydrogen-bond acceptors (Lipinski definition) is 4. The van der Waals surface area contributed by atoms with Gasteiger partial charge in [-0.15, -0.1) is 6.58 Å². The molecule has 0 bridgehead atoms. The van der Waals surface area contributed by atoms with Crippen LogP contribution in [0.2, 0.25) is 0 Å². The van der Waals surface area contributed by atoms with Crippen LogP contribution in [-0.4, -0.2) is 35.8 Å². The third-order valence-electron chi connectivity index (χ3n) is 2.94. The number of nitrogens with zero attached hydrogens (tertiary/aromatic N) is 2. The Morgan fingerprint density at radius 1 is 1.48 bits per heavy atom. The minimum Gasteiger partial charge on any atom is -0.377 e. The first-order valence-corrected chi connectivity index (χ1v) is 8.29. The minimum absolute atomic E-state index is 0.0577. The van der Waals surface area contributed by atoms with Crippen LogP contribution in [0.25, 0.3) is 6.08 Å². The van der Waals surface area contributed by atoms with Gasteiger partial charge in [0.2, 0.25) is 0 Å². The fourth-order valence-corrected chi connectivity index (χ4v) is 3.94. The summed E-state index contributed by atoms with van der Waals surface area (Å²) in [5.41, 5.74) is 2.05. The largest absolute Gasteiger partial charge is 0.377 e. The van der Waals surface area contributed by atoms with E-state index in [9.17, 15) is 4.79 Å². The van der Waals surface area contributed by atoms with E-state index in [-0.39, 0.29) is 5.91 Å². The zero-order valence-corrected chi connectivity index (χ0v) is 15.0. The molecule has 0 aliphatic carbocycles. The third kappa shape index (κ3) is 3.56. The van der Waals surface area contributed by atoms with Crippen molar-refractivity contribution in [3.05, 3.63) is 45.8 Å². The van der Waals surface area contributed by atoms with Gasteiger partial charge in [0.05, 0.1) is 10.6 Å². The van der Waals surface area contributed by atoms with Gasteiger partial charge in [0.1, 0.15) is 4.32 Å². The molecule has 3 nitrogen and oxygen atoms in total. The first-order valence-electron chi connectivity index (χ1n) is 6.27. The molecule has 1 aliphatic heterocycles. The second-order valence-electron chi connectivity index (χ2n) is 4.69. The van der Waals surface area contributed by atoms with Crippen molar-refractivity contribution in [3.63, 3.8) is 0 Å². The second kappa shape index (κ2) is 6.77. The molecule has 1 aromatic rings. The summed E-state index contributed by atoms with van der Waals surface area (Å²) in [7, 11) is 3.97. The summed E-state index contributed by atoms with van der Waals surface area (Å²) in [6, 6.07) is 6.00. The highest BCUT2D eigenvalue weighted by atomic mass is 79.9.